The van der Waals surface area contributed by atoms with Gasteiger partial charge in [0.05, 0.1) is 11.9 Å². The number of nitrogens with one attached hydrogen (secondary N) is 2. The van der Waals surface area contributed by atoms with E-state index in [-0.39, 0.29) is 11.9 Å². The van der Waals surface area contributed by atoms with Crippen molar-refractivity contribution in [3.8, 4) is 0 Å². The molecule has 0 aliphatic carbocycles. The maximum Gasteiger partial charge on any atom is 0.270 e. The first kappa shape index (κ1) is 17.0. The Morgan fingerprint density at radius 1 is 1.04 bits per heavy atom. The number of hydrogen-bond donors (Lipinski definition) is 2. The molecule has 23 heavy (non-hydrogen) atoms. The summed E-state index contributed by atoms with van der Waals surface area (Å²) in [5.74, 6) is 0.390. The van der Waals surface area contributed by atoms with Gasteiger partial charge in [-0.1, -0.05) is 32.9 Å². The van der Waals surface area contributed by atoms with Gasteiger partial charge in [-0.05, 0) is 49.1 Å². The van der Waals surface area contributed by atoms with Gasteiger partial charge < -0.3 is 10.6 Å². The Bertz CT molecular complexity index is 633. The highest BCUT2D eigenvalue weighted by molar-refractivity contribution is 5.92. The van der Waals surface area contributed by atoms with E-state index in [0.29, 0.717) is 11.6 Å². The molecular formula is C19H25N3O. The molecule has 0 aliphatic heterocycles. The van der Waals surface area contributed by atoms with Gasteiger partial charge in [0, 0.05) is 11.7 Å². The van der Waals surface area contributed by atoms with Gasteiger partial charge in [0.1, 0.15) is 5.69 Å². The summed E-state index contributed by atoms with van der Waals surface area (Å²) >= 11 is 0. The normalized spacial score (nSPS) is 12.0. The van der Waals surface area contributed by atoms with Crippen LogP contribution in [0.25, 0.3) is 0 Å². The number of nitrogens with zero attached hydrogens (tertiary/aromatic N) is 1. The summed E-state index contributed by atoms with van der Waals surface area (Å²) < 4.78 is 0. The summed E-state index contributed by atoms with van der Waals surface area (Å²) in [7, 11) is 0. The molecule has 2 aromatic rings. The van der Waals surface area contributed by atoms with E-state index in [1.807, 2.05) is 19.9 Å². The van der Waals surface area contributed by atoms with Gasteiger partial charge in [0.2, 0.25) is 0 Å². The third-order valence-electron chi connectivity index (χ3n) is 3.85. The van der Waals surface area contributed by atoms with E-state index in [9.17, 15) is 4.79 Å². The smallest absolute Gasteiger partial charge is 0.270 e. The molecule has 1 unspecified atom stereocenters. The van der Waals surface area contributed by atoms with Crippen LogP contribution in [0, 0.1) is 0 Å². The molecule has 0 spiro atoms. The maximum absolute atomic E-state index is 12.0. The van der Waals surface area contributed by atoms with Crippen LogP contribution < -0.4 is 10.6 Å². The summed E-state index contributed by atoms with van der Waals surface area (Å²) in [6.45, 7) is 8.37. The second-order valence-electron chi connectivity index (χ2n) is 6.12. The van der Waals surface area contributed by atoms with E-state index in [1.54, 1.807) is 12.3 Å². The minimum absolute atomic E-state index is 0.132. The number of rotatable bonds is 6. The molecule has 2 N–H and O–H groups in total. The molecule has 0 saturated heterocycles. The van der Waals surface area contributed by atoms with Crippen LogP contribution in [-0.2, 0) is 0 Å². The largest absolute Gasteiger partial charge is 0.354 e. The highest BCUT2D eigenvalue weighted by atomic mass is 16.1. The van der Waals surface area contributed by atoms with Crippen molar-refractivity contribution in [2.24, 2.45) is 0 Å². The Kier molecular flexibility index (Phi) is 5.74. The number of aromatic nitrogens is 1. The average molecular weight is 311 g/mol. The van der Waals surface area contributed by atoms with Crippen LogP contribution in [-0.4, -0.2) is 16.9 Å². The summed E-state index contributed by atoms with van der Waals surface area (Å²) in [6.07, 6.45) is 2.58. The minimum Gasteiger partial charge on any atom is -0.354 e. The summed E-state index contributed by atoms with van der Waals surface area (Å²) in [6, 6.07) is 12.1. The van der Waals surface area contributed by atoms with E-state index < -0.39 is 0 Å². The topological polar surface area (TPSA) is 54.0 Å². The van der Waals surface area contributed by atoms with Crippen LogP contribution >= 0.6 is 0 Å². The van der Waals surface area contributed by atoms with E-state index >= 15 is 0 Å². The lowest BCUT2D eigenvalue weighted by Gasteiger charge is -2.12. The summed E-state index contributed by atoms with van der Waals surface area (Å²) in [5.41, 5.74) is 3.62. The Morgan fingerprint density at radius 2 is 1.70 bits per heavy atom. The molecule has 4 nitrogen and oxygen atoms in total. The second kappa shape index (κ2) is 7.77. The van der Waals surface area contributed by atoms with Crippen LogP contribution in [0.4, 0.5) is 11.4 Å². The number of amides is 1. The second-order valence-corrected chi connectivity index (χ2v) is 6.12. The molecular weight excluding hydrogens is 286 g/mol. The van der Waals surface area contributed by atoms with E-state index in [2.05, 4.69) is 53.7 Å². The molecule has 0 bridgehead atoms. The summed E-state index contributed by atoms with van der Waals surface area (Å²) in [5, 5.41) is 6.20. The third-order valence-corrected chi connectivity index (χ3v) is 3.85. The van der Waals surface area contributed by atoms with Crippen molar-refractivity contribution in [3.63, 3.8) is 0 Å². The van der Waals surface area contributed by atoms with Gasteiger partial charge in [0.15, 0.2) is 0 Å². The van der Waals surface area contributed by atoms with Crippen LogP contribution in [0.1, 0.15) is 56.1 Å². The predicted molar refractivity (Wildman–Crippen MR) is 95.3 cm³/mol. The molecule has 0 radical (unpaired) electrons. The monoisotopic (exact) mass is 311 g/mol. The molecule has 1 heterocycles. The van der Waals surface area contributed by atoms with Crippen LogP contribution in [0.2, 0.25) is 0 Å². The zero-order valence-electron chi connectivity index (χ0n) is 14.3. The standard InChI is InChI=1S/C19H25N3O/c1-5-14(4)21-19(23)18-11-10-17(12-20-18)22-16-8-6-15(7-9-16)13(2)3/h6-14,22H,5H2,1-4H3,(H,21,23). The van der Waals surface area contributed by atoms with E-state index in [0.717, 1.165) is 17.8 Å². The molecule has 0 saturated carbocycles. The van der Waals surface area contributed by atoms with Crippen molar-refractivity contribution in [3.05, 3.63) is 53.9 Å². The minimum atomic E-state index is -0.132. The summed E-state index contributed by atoms with van der Waals surface area (Å²) in [4.78, 5) is 16.2. The van der Waals surface area contributed by atoms with Crippen molar-refractivity contribution >= 4 is 17.3 Å². The van der Waals surface area contributed by atoms with Crippen molar-refractivity contribution in [1.29, 1.82) is 0 Å². The number of hydrogen-bond acceptors (Lipinski definition) is 3. The van der Waals surface area contributed by atoms with Crippen LogP contribution in [0.15, 0.2) is 42.6 Å². The molecule has 122 valence electrons. The van der Waals surface area contributed by atoms with Gasteiger partial charge in [0.25, 0.3) is 5.91 Å². The number of pyridine rings is 1. The number of anilines is 2. The van der Waals surface area contributed by atoms with Crippen LogP contribution in [0.5, 0.6) is 0 Å². The van der Waals surface area contributed by atoms with Crippen molar-refractivity contribution in [1.82, 2.24) is 10.3 Å². The molecule has 1 aromatic heterocycles. The van der Waals surface area contributed by atoms with Crippen molar-refractivity contribution < 1.29 is 4.79 Å². The zero-order valence-corrected chi connectivity index (χ0v) is 14.3. The number of benzene rings is 1. The molecule has 0 aliphatic rings. The molecule has 4 heteroatoms. The Labute approximate surface area is 138 Å². The predicted octanol–water partition coefficient (Wildman–Crippen LogP) is 4.48. The van der Waals surface area contributed by atoms with Gasteiger partial charge >= 0.3 is 0 Å². The lowest BCUT2D eigenvalue weighted by molar-refractivity contribution is 0.0934. The van der Waals surface area contributed by atoms with Crippen molar-refractivity contribution in [2.75, 3.05) is 5.32 Å². The Morgan fingerprint density at radius 3 is 2.22 bits per heavy atom. The highest BCUT2D eigenvalue weighted by Crippen LogP contribution is 2.20. The maximum atomic E-state index is 12.0. The first-order valence-corrected chi connectivity index (χ1v) is 8.13. The van der Waals surface area contributed by atoms with Gasteiger partial charge in [-0.3, -0.25) is 4.79 Å². The van der Waals surface area contributed by atoms with E-state index in [4.69, 9.17) is 0 Å². The lowest BCUT2D eigenvalue weighted by atomic mass is 10.0. The van der Waals surface area contributed by atoms with Crippen LogP contribution in [0.3, 0.4) is 0 Å². The highest BCUT2D eigenvalue weighted by Gasteiger charge is 2.09. The van der Waals surface area contributed by atoms with Crippen molar-refractivity contribution in [2.45, 2.75) is 46.1 Å². The van der Waals surface area contributed by atoms with E-state index in [1.165, 1.54) is 5.56 Å². The number of carbonyl (C=O) groups is 1. The Balaban J connectivity index is 2.00. The van der Waals surface area contributed by atoms with Gasteiger partial charge in [-0.15, -0.1) is 0 Å². The fraction of sp³-hybridized carbons (Fsp3) is 0.368. The molecule has 1 amide bonds. The fourth-order valence-corrected chi connectivity index (χ4v) is 2.12. The third kappa shape index (κ3) is 4.81. The number of carbonyl (C=O) groups excluding carboxylic acids is 1. The average Bonchev–Trinajstić information content (AvgIpc) is 2.55. The fourth-order valence-electron chi connectivity index (χ4n) is 2.12. The molecule has 1 aromatic carbocycles. The molecule has 1 atom stereocenters. The first-order valence-electron chi connectivity index (χ1n) is 8.13. The Hall–Kier alpha value is -2.36. The van der Waals surface area contributed by atoms with Gasteiger partial charge in [-0.25, -0.2) is 4.98 Å². The first-order chi connectivity index (χ1) is 11.0. The lowest BCUT2D eigenvalue weighted by Crippen LogP contribution is -2.32. The molecule has 2 rings (SSSR count). The SMILES string of the molecule is CCC(C)NC(=O)c1ccc(Nc2ccc(C(C)C)cc2)cn1. The quantitative estimate of drug-likeness (QED) is 0.827. The van der Waals surface area contributed by atoms with Gasteiger partial charge in [-0.2, -0.15) is 0 Å². The zero-order chi connectivity index (χ0) is 16.8. The molecule has 0 fully saturated rings.